The number of carbonyl (C=O) groups is 2. The summed E-state index contributed by atoms with van der Waals surface area (Å²) >= 11 is 0. The van der Waals surface area contributed by atoms with Crippen LogP contribution in [0.25, 0.3) is 0 Å². The molecule has 0 saturated heterocycles. The Morgan fingerprint density at radius 3 is 1.92 bits per heavy atom. The van der Waals surface area contributed by atoms with E-state index >= 15 is 0 Å². The van der Waals surface area contributed by atoms with E-state index in [0.717, 1.165) is 12.1 Å². The lowest BCUT2D eigenvalue weighted by molar-refractivity contribution is 0.0458. The molecule has 4 nitrogen and oxygen atoms in total. The van der Waals surface area contributed by atoms with Crippen LogP contribution in [0.3, 0.4) is 0 Å². The molecule has 0 spiro atoms. The van der Waals surface area contributed by atoms with Crippen molar-refractivity contribution in [2.45, 2.75) is 13.8 Å². The fourth-order valence-electron chi connectivity index (χ4n) is 1.82. The number of esters is 2. The molecule has 2 aromatic rings. The first-order valence-electron chi connectivity index (χ1n) is 7.30. The minimum absolute atomic E-state index is 0.139. The summed E-state index contributed by atoms with van der Waals surface area (Å²) < 4.78 is 36.1. The van der Waals surface area contributed by atoms with Gasteiger partial charge in [0.1, 0.15) is 17.4 Å². The molecule has 0 radical (unpaired) electrons. The number of ether oxygens (including phenoxy) is 2. The van der Waals surface area contributed by atoms with E-state index < -0.39 is 23.6 Å². The Bertz CT molecular complexity index is 719. The molecule has 0 aliphatic carbocycles. The van der Waals surface area contributed by atoms with Gasteiger partial charge in [-0.3, -0.25) is 0 Å². The number of halogens is 2. The molecule has 6 heteroatoms. The van der Waals surface area contributed by atoms with Crippen molar-refractivity contribution in [1.29, 1.82) is 0 Å². The van der Waals surface area contributed by atoms with E-state index in [1.807, 2.05) is 13.8 Å². The number of hydrogen-bond acceptors (Lipinski definition) is 4. The van der Waals surface area contributed by atoms with Gasteiger partial charge >= 0.3 is 11.9 Å². The fourth-order valence-corrected chi connectivity index (χ4v) is 1.82. The first kappa shape index (κ1) is 17.6. The third kappa shape index (κ3) is 4.87. The summed E-state index contributed by atoms with van der Waals surface area (Å²) in [7, 11) is 0. The van der Waals surface area contributed by atoms with Crippen molar-refractivity contribution < 1.29 is 27.8 Å². The lowest BCUT2D eigenvalue weighted by Crippen LogP contribution is -2.12. The monoisotopic (exact) mass is 334 g/mol. The van der Waals surface area contributed by atoms with E-state index in [1.54, 1.807) is 0 Å². The Morgan fingerprint density at radius 2 is 1.42 bits per heavy atom. The number of benzene rings is 2. The number of rotatable bonds is 5. The summed E-state index contributed by atoms with van der Waals surface area (Å²) in [5, 5.41) is 0. The minimum Gasteiger partial charge on any atom is -0.462 e. The Labute approximate surface area is 138 Å². The van der Waals surface area contributed by atoms with Gasteiger partial charge in [0.05, 0.1) is 17.7 Å². The molecule has 0 aliphatic heterocycles. The average Bonchev–Trinajstić information content (AvgIpc) is 2.51. The topological polar surface area (TPSA) is 52.6 Å². The van der Waals surface area contributed by atoms with E-state index in [-0.39, 0.29) is 17.2 Å². The zero-order valence-corrected chi connectivity index (χ0v) is 13.2. The summed E-state index contributed by atoms with van der Waals surface area (Å²) in [6, 6.07) is 8.08. The second-order valence-electron chi connectivity index (χ2n) is 5.56. The van der Waals surface area contributed by atoms with Crippen LogP contribution in [0.5, 0.6) is 5.75 Å². The smallest absolute Gasteiger partial charge is 0.343 e. The minimum atomic E-state index is -0.846. The molecule has 0 N–H and O–H groups in total. The van der Waals surface area contributed by atoms with Crippen molar-refractivity contribution in [1.82, 2.24) is 0 Å². The van der Waals surface area contributed by atoms with E-state index in [0.29, 0.717) is 18.2 Å². The molecule has 2 rings (SSSR count). The highest BCUT2D eigenvalue weighted by atomic mass is 19.1. The van der Waals surface area contributed by atoms with E-state index in [9.17, 15) is 18.4 Å². The SMILES string of the molecule is CC(C)COC(=O)c1ccc(C(=O)Oc2cc(F)cc(F)c2)cc1. The van der Waals surface area contributed by atoms with Crippen molar-refractivity contribution in [3.05, 3.63) is 65.2 Å². The van der Waals surface area contributed by atoms with Crippen LogP contribution in [-0.2, 0) is 4.74 Å². The highest BCUT2D eigenvalue weighted by molar-refractivity contribution is 5.94. The van der Waals surface area contributed by atoms with Crippen LogP contribution in [0.1, 0.15) is 34.6 Å². The Kier molecular flexibility index (Phi) is 5.63. The predicted molar refractivity (Wildman–Crippen MR) is 82.9 cm³/mol. The quantitative estimate of drug-likeness (QED) is 0.613. The van der Waals surface area contributed by atoms with Gasteiger partial charge in [0.2, 0.25) is 0 Å². The van der Waals surface area contributed by atoms with Crippen molar-refractivity contribution in [2.24, 2.45) is 5.92 Å². The number of hydrogen-bond donors (Lipinski definition) is 0. The normalized spacial score (nSPS) is 10.5. The molecule has 24 heavy (non-hydrogen) atoms. The van der Waals surface area contributed by atoms with Gasteiger partial charge in [-0.25, -0.2) is 18.4 Å². The zero-order chi connectivity index (χ0) is 17.7. The molecule has 0 fully saturated rings. The maximum Gasteiger partial charge on any atom is 0.343 e. The van der Waals surface area contributed by atoms with Gasteiger partial charge in [-0.1, -0.05) is 13.8 Å². The molecule has 0 saturated carbocycles. The van der Waals surface area contributed by atoms with Crippen molar-refractivity contribution >= 4 is 11.9 Å². The predicted octanol–water partition coefficient (Wildman–Crippen LogP) is 4.00. The molecule has 2 aromatic carbocycles. The van der Waals surface area contributed by atoms with Crippen LogP contribution in [0.2, 0.25) is 0 Å². The molecule has 0 bridgehead atoms. The molecule has 0 amide bonds. The highest BCUT2D eigenvalue weighted by Gasteiger charge is 2.13. The molecular formula is C18H16F2O4. The van der Waals surface area contributed by atoms with Gasteiger partial charge in [-0.15, -0.1) is 0 Å². The van der Waals surface area contributed by atoms with Crippen LogP contribution in [0.4, 0.5) is 8.78 Å². The molecule has 0 aliphatic rings. The summed E-state index contributed by atoms with van der Waals surface area (Å²) in [4.78, 5) is 23.7. The third-order valence-electron chi connectivity index (χ3n) is 2.95. The molecule has 0 unspecified atom stereocenters. The maximum absolute atomic E-state index is 13.1. The second-order valence-corrected chi connectivity index (χ2v) is 5.56. The van der Waals surface area contributed by atoms with Crippen LogP contribution in [0, 0.1) is 17.6 Å². The second kappa shape index (κ2) is 7.68. The van der Waals surface area contributed by atoms with Crippen molar-refractivity contribution in [3.63, 3.8) is 0 Å². The van der Waals surface area contributed by atoms with Gasteiger partial charge in [-0.2, -0.15) is 0 Å². The van der Waals surface area contributed by atoms with Crippen LogP contribution < -0.4 is 4.74 Å². The standard InChI is InChI=1S/C18H16F2O4/c1-11(2)10-23-17(21)12-3-5-13(6-4-12)18(22)24-16-8-14(19)7-15(20)9-16/h3-9,11H,10H2,1-2H3. The van der Waals surface area contributed by atoms with Gasteiger partial charge in [0.25, 0.3) is 0 Å². The fraction of sp³-hybridized carbons (Fsp3) is 0.222. The largest absolute Gasteiger partial charge is 0.462 e. The summed E-state index contributed by atoms with van der Waals surface area (Å²) in [6.45, 7) is 4.14. The lowest BCUT2D eigenvalue weighted by atomic mass is 10.1. The van der Waals surface area contributed by atoms with Gasteiger partial charge in [-0.05, 0) is 30.2 Å². The average molecular weight is 334 g/mol. The molecule has 126 valence electrons. The summed E-state index contributed by atoms with van der Waals surface area (Å²) in [6.07, 6.45) is 0. The molecule has 0 aromatic heterocycles. The first-order chi connectivity index (χ1) is 11.3. The Balaban J connectivity index is 2.04. The van der Waals surface area contributed by atoms with Crippen LogP contribution >= 0.6 is 0 Å². The van der Waals surface area contributed by atoms with E-state index in [2.05, 4.69) is 0 Å². The Hall–Kier alpha value is -2.76. The molecule has 0 heterocycles. The van der Waals surface area contributed by atoms with Gasteiger partial charge < -0.3 is 9.47 Å². The Morgan fingerprint density at radius 1 is 0.917 bits per heavy atom. The van der Waals surface area contributed by atoms with Crippen molar-refractivity contribution in [3.8, 4) is 5.75 Å². The summed E-state index contributed by atoms with van der Waals surface area (Å²) in [5.41, 5.74) is 0.434. The van der Waals surface area contributed by atoms with E-state index in [4.69, 9.17) is 9.47 Å². The van der Waals surface area contributed by atoms with Gasteiger partial charge in [0.15, 0.2) is 0 Å². The van der Waals surface area contributed by atoms with Gasteiger partial charge in [0, 0.05) is 18.2 Å². The molecular weight excluding hydrogens is 318 g/mol. The third-order valence-corrected chi connectivity index (χ3v) is 2.95. The maximum atomic E-state index is 13.1. The lowest BCUT2D eigenvalue weighted by Gasteiger charge is -2.08. The van der Waals surface area contributed by atoms with Crippen LogP contribution in [0.15, 0.2) is 42.5 Å². The van der Waals surface area contributed by atoms with Crippen molar-refractivity contribution in [2.75, 3.05) is 6.61 Å². The summed E-state index contributed by atoms with van der Waals surface area (Å²) in [5.74, 6) is -2.99. The highest BCUT2D eigenvalue weighted by Crippen LogP contribution is 2.17. The first-order valence-corrected chi connectivity index (χ1v) is 7.30. The van der Waals surface area contributed by atoms with E-state index in [1.165, 1.54) is 24.3 Å². The number of carbonyl (C=O) groups excluding carboxylic acids is 2. The zero-order valence-electron chi connectivity index (χ0n) is 13.2. The molecule has 0 atom stereocenters. The van der Waals surface area contributed by atoms with Crippen LogP contribution in [-0.4, -0.2) is 18.5 Å².